The van der Waals surface area contributed by atoms with Crippen LogP contribution in [0.2, 0.25) is 0 Å². The molecule has 0 N–H and O–H groups in total. The molecule has 0 aliphatic carbocycles. The number of ether oxygens (including phenoxy) is 2. The molecule has 28 heavy (non-hydrogen) atoms. The Morgan fingerprint density at radius 3 is 2.11 bits per heavy atom. The molecule has 4 nitrogen and oxygen atoms in total. The van der Waals surface area contributed by atoms with Crippen LogP contribution in [0.15, 0.2) is 72.8 Å². The number of carbonyl (C=O) groups excluding carboxylic acids is 1. The normalized spacial score (nSPS) is 18.1. The molecular formula is C23H21NO3S. The Kier molecular flexibility index (Phi) is 4.77. The van der Waals surface area contributed by atoms with Gasteiger partial charge < -0.3 is 9.47 Å². The van der Waals surface area contributed by atoms with E-state index in [1.807, 2.05) is 79.1 Å². The molecule has 0 aromatic heterocycles. The molecule has 1 atom stereocenters. The van der Waals surface area contributed by atoms with Gasteiger partial charge in [-0.25, -0.2) is 0 Å². The highest BCUT2D eigenvalue weighted by atomic mass is 32.2. The number of benzene rings is 3. The van der Waals surface area contributed by atoms with Crippen LogP contribution >= 0.6 is 11.8 Å². The highest BCUT2D eigenvalue weighted by Crippen LogP contribution is 2.55. The van der Waals surface area contributed by atoms with Gasteiger partial charge in [-0.2, -0.15) is 0 Å². The highest BCUT2D eigenvalue weighted by Gasteiger charge is 2.52. The summed E-state index contributed by atoms with van der Waals surface area (Å²) >= 11 is 1.54. The number of thioether (sulfide) groups is 1. The average Bonchev–Trinajstić information content (AvgIpc) is 3.02. The summed E-state index contributed by atoms with van der Waals surface area (Å²) in [6.45, 7) is 0. The number of anilines is 2. The quantitative estimate of drug-likeness (QED) is 0.614. The SMILES string of the molecule is COc1ccc(N2C(=O)C(SC)(c3ccccc3)c3cc(OC)ccc32)cc1. The Labute approximate surface area is 169 Å². The third-order valence-corrected chi connectivity index (χ3v) is 6.39. The van der Waals surface area contributed by atoms with Crippen LogP contribution in [-0.2, 0) is 9.54 Å². The molecule has 1 aliphatic heterocycles. The number of carbonyl (C=O) groups is 1. The van der Waals surface area contributed by atoms with Crippen molar-refractivity contribution >= 4 is 29.0 Å². The van der Waals surface area contributed by atoms with Crippen molar-refractivity contribution in [2.45, 2.75) is 4.75 Å². The molecule has 142 valence electrons. The number of hydrogen-bond donors (Lipinski definition) is 0. The van der Waals surface area contributed by atoms with Crippen LogP contribution in [0.5, 0.6) is 11.5 Å². The summed E-state index contributed by atoms with van der Waals surface area (Å²) in [5, 5.41) is 0. The van der Waals surface area contributed by atoms with Crippen LogP contribution < -0.4 is 14.4 Å². The van der Waals surface area contributed by atoms with E-state index in [9.17, 15) is 4.79 Å². The van der Waals surface area contributed by atoms with Gasteiger partial charge in [0, 0.05) is 11.3 Å². The van der Waals surface area contributed by atoms with E-state index in [2.05, 4.69) is 0 Å². The Morgan fingerprint density at radius 2 is 1.50 bits per heavy atom. The largest absolute Gasteiger partial charge is 0.497 e. The highest BCUT2D eigenvalue weighted by molar-refractivity contribution is 8.00. The summed E-state index contributed by atoms with van der Waals surface area (Å²) in [5.74, 6) is 1.50. The molecule has 3 aromatic rings. The topological polar surface area (TPSA) is 38.8 Å². The first-order valence-electron chi connectivity index (χ1n) is 8.93. The minimum absolute atomic E-state index is 0.0135. The smallest absolute Gasteiger partial charge is 0.256 e. The minimum Gasteiger partial charge on any atom is -0.497 e. The van der Waals surface area contributed by atoms with Crippen LogP contribution in [0, 0.1) is 0 Å². The van der Waals surface area contributed by atoms with Crippen LogP contribution in [0.25, 0.3) is 0 Å². The van der Waals surface area contributed by atoms with Gasteiger partial charge in [-0.05, 0) is 54.3 Å². The van der Waals surface area contributed by atoms with E-state index in [1.54, 1.807) is 19.1 Å². The number of rotatable bonds is 5. The van der Waals surface area contributed by atoms with Crippen molar-refractivity contribution in [3.63, 3.8) is 0 Å². The molecular weight excluding hydrogens is 370 g/mol. The maximum atomic E-state index is 13.9. The molecule has 3 aromatic carbocycles. The summed E-state index contributed by atoms with van der Waals surface area (Å²) in [4.78, 5) is 15.7. The van der Waals surface area contributed by atoms with Gasteiger partial charge in [0.2, 0.25) is 0 Å². The van der Waals surface area contributed by atoms with Gasteiger partial charge in [-0.3, -0.25) is 9.69 Å². The summed E-state index contributed by atoms with van der Waals surface area (Å²) in [6.07, 6.45) is 1.98. The molecule has 1 unspecified atom stereocenters. The molecule has 0 spiro atoms. The van der Waals surface area contributed by atoms with Crippen LogP contribution in [0.1, 0.15) is 11.1 Å². The predicted octanol–water partition coefficient (Wildman–Crippen LogP) is 4.99. The second-order valence-electron chi connectivity index (χ2n) is 6.47. The third kappa shape index (κ3) is 2.66. The van der Waals surface area contributed by atoms with Gasteiger partial charge in [0.25, 0.3) is 5.91 Å². The predicted molar refractivity (Wildman–Crippen MR) is 114 cm³/mol. The lowest BCUT2D eigenvalue weighted by Gasteiger charge is -2.27. The average molecular weight is 391 g/mol. The van der Waals surface area contributed by atoms with Gasteiger partial charge in [-0.1, -0.05) is 30.3 Å². The van der Waals surface area contributed by atoms with Crippen molar-refractivity contribution in [3.05, 3.63) is 83.9 Å². The van der Waals surface area contributed by atoms with Gasteiger partial charge in [0.05, 0.1) is 19.9 Å². The van der Waals surface area contributed by atoms with Crippen molar-refractivity contribution in [2.75, 3.05) is 25.4 Å². The molecule has 0 radical (unpaired) electrons. The minimum atomic E-state index is -0.828. The fraction of sp³-hybridized carbons (Fsp3) is 0.174. The summed E-state index contributed by atoms with van der Waals surface area (Å²) in [5.41, 5.74) is 3.57. The van der Waals surface area contributed by atoms with E-state index >= 15 is 0 Å². The van der Waals surface area contributed by atoms with E-state index in [-0.39, 0.29) is 5.91 Å². The molecule has 0 fully saturated rings. The number of amides is 1. The fourth-order valence-electron chi connectivity index (χ4n) is 3.76. The third-order valence-electron chi connectivity index (χ3n) is 5.15. The Hall–Kier alpha value is -2.92. The summed E-state index contributed by atoms with van der Waals surface area (Å²) < 4.78 is 9.90. The van der Waals surface area contributed by atoms with Crippen molar-refractivity contribution in [2.24, 2.45) is 0 Å². The lowest BCUT2D eigenvalue weighted by Crippen LogP contribution is -2.36. The number of methoxy groups -OCH3 is 2. The molecule has 1 heterocycles. The first-order chi connectivity index (χ1) is 13.7. The molecule has 0 bridgehead atoms. The van der Waals surface area contributed by atoms with Crippen molar-refractivity contribution in [3.8, 4) is 11.5 Å². The second kappa shape index (κ2) is 7.24. The van der Waals surface area contributed by atoms with Crippen LogP contribution in [0.4, 0.5) is 11.4 Å². The monoisotopic (exact) mass is 391 g/mol. The Morgan fingerprint density at radius 1 is 0.857 bits per heavy atom. The zero-order valence-corrected chi connectivity index (χ0v) is 16.8. The first-order valence-corrected chi connectivity index (χ1v) is 10.2. The van der Waals surface area contributed by atoms with Crippen LogP contribution in [0.3, 0.4) is 0 Å². The van der Waals surface area contributed by atoms with E-state index in [4.69, 9.17) is 9.47 Å². The number of nitrogens with zero attached hydrogens (tertiary/aromatic N) is 1. The lowest BCUT2D eigenvalue weighted by atomic mass is 9.91. The molecule has 1 amide bonds. The second-order valence-corrected chi connectivity index (χ2v) is 7.49. The Balaban J connectivity index is 1.95. The fourth-order valence-corrected chi connectivity index (χ4v) is 4.78. The standard InChI is InChI=1S/C23H21NO3S/c1-26-18-11-9-17(10-12-18)24-21-14-13-19(27-2)15-20(21)23(28-3,22(24)25)16-7-5-4-6-8-16/h4-15H,1-3H3. The molecule has 1 aliphatic rings. The lowest BCUT2D eigenvalue weighted by molar-refractivity contribution is -0.118. The van der Waals surface area contributed by atoms with E-state index in [0.29, 0.717) is 0 Å². The van der Waals surface area contributed by atoms with Gasteiger partial charge >= 0.3 is 0 Å². The number of fused-ring (bicyclic) bond motifs is 1. The van der Waals surface area contributed by atoms with E-state index < -0.39 is 4.75 Å². The summed E-state index contributed by atoms with van der Waals surface area (Å²) in [6, 6.07) is 23.3. The zero-order chi connectivity index (χ0) is 19.7. The molecule has 5 heteroatoms. The van der Waals surface area contributed by atoms with Gasteiger partial charge in [0.1, 0.15) is 16.2 Å². The molecule has 0 saturated heterocycles. The van der Waals surface area contributed by atoms with E-state index in [0.717, 1.165) is 34.0 Å². The summed E-state index contributed by atoms with van der Waals surface area (Å²) in [7, 11) is 3.27. The molecule has 4 rings (SSSR count). The number of hydrogen-bond acceptors (Lipinski definition) is 4. The first kappa shape index (κ1) is 18.4. The molecule has 0 saturated carbocycles. The zero-order valence-electron chi connectivity index (χ0n) is 16.0. The van der Waals surface area contributed by atoms with Gasteiger partial charge in [-0.15, -0.1) is 11.8 Å². The van der Waals surface area contributed by atoms with E-state index in [1.165, 1.54) is 11.8 Å². The van der Waals surface area contributed by atoms with Gasteiger partial charge in [0.15, 0.2) is 0 Å². The van der Waals surface area contributed by atoms with Crippen molar-refractivity contribution in [1.82, 2.24) is 0 Å². The van der Waals surface area contributed by atoms with Crippen molar-refractivity contribution < 1.29 is 14.3 Å². The maximum absolute atomic E-state index is 13.9. The maximum Gasteiger partial charge on any atom is 0.256 e. The van der Waals surface area contributed by atoms with Crippen LogP contribution in [-0.4, -0.2) is 26.4 Å². The van der Waals surface area contributed by atoms with Crippen molar-refractivity contribution in [1.29, 1.82) is 0 Å². The Bertz CT molecular complexity index is 1000.